The molecule has 1 N–H and O–H groups in total. The average molecular weight is 280 g/mol. The smallest absolute Gasteiger partial charge is 0.255 e. The molecular weight excluding hydrogens is 260 g/mol. The molecule has 1 aliphatic heterocycles. The van der Waals surface area contributed by atoms with Crippen molar-refractivity contribution in [3.05, 3.63) is 59.7 Å². The molecule has 0 bridgehead atoms. The number of hydrogen-bond acceptors (Lipinski definition) is 2. The van der Waals surface area contributed by atoms with E-state index in [1.807, 2.05) is 55.5 Å². The molecule has 3 heteroatoms. The van der Waals surface area contributed by atoms with Gasteiger partial charge in [-0.3, -0.25) is 4.79 Å². The Balaban J connectivity index is 1.70. The number of amides is 1. The number of benzene rings is 2. The van der Waals surface area contributed by atoms with Crippen LogP contribution in [0.25, 0.3) is 0 Å². The zero-order valence-corrected chi connectivity index (χ0v) is 12.3. The van der Waals surface area contributed by atoms with Crippen LogP contribution < -0.4 is 10.2 Å². The minimum Gasteiger partial charge on any atom is -0.372 e. The van der Waals surface area contributed by atoms with Gasteiger partial charge in [-0.25, -0.2) is 0 Å². The summed E-state index contributed by atoms with van der Waals surface area (Å²) in [6, 6.07) is 15.7. The van der Waals surface area contributed by atoms with E-state index in [0.717, 1.165) is 24.3 Å². The number of nitrogens with zero attached hydrogens (tertiary/aromatic N) is 1. The molecule has 0 aliphatic carbocycles. The lowest BCUT2D eigenvalue weighted by molar-refractivity contribution is 0.102. The average Bonchev–Trinajstić information content (AvgIpc) is 3.01. The van der Waals surface area contributed by atoms with Crippen molar-refractivity contribution in [2.24, 2.45) is 0 Å². The van der Waals surface area contributed by atoms with E-state index < -0.39 is 0 Å². The number of carbonyl (C=O) groups excluding carboxylic acids is 1. The predicted octanol–water partition coefficient (Wildman–Crippen LogP) is 3.85. The highest BCUT2D eigenvalue weighted by atomic mass is 16.1. The summed E-state index contributed by atoms with van der Waals surface area (Å²) in [6.45, 7) is 4.25. The van der Waals surface area contributed by atoms with E-state index in [-0.39, 0.29) is 5.91 Å². The molecule has 1 aliphatic rings. The van der Waals surface area contributed by atoms with Crippen LogP contribution in [0.5, 0.6) is 0 Å². The van der Waals surface area contributed by atoms with E-state index in [1.54, 1.807) is 0 Å². The number of nitrogens with one attached hydrogen (secondary N) is 1. The van der Waals surface area contributed by atoms with Crippen LogP contribution >= 0.6 is 0 Å². The molecule has 108 valence electrons. The molecule has 0 radical (unpaired) electrons. The fourth-order valence-electron chi connectivity index (χ4n) is 2.73. The van der Waals surface area contributed by atoms with Gasteiger partial charge in [0.2, 0.25) is 0 Å². The van der Waals surface area contributed by atoms with Gasteiger partial charge in [-0.1, -0.05) is 12.1 Å². The first-order valence-electron chi connectivity index (χ1n) is 7.45. The molecule has 2 aromatic carbocycles. The van der Waals surface area contributed by atoms with Gasteiger partial charge >= 0.3 is 0 Å². The molecule has 0 atom stereocenters. The first-order chi connectivity index (χ1) is 10.2. The van der Waals surface area contributed by atoms with Gasteiger partial charge < -0.3 is 10.2 Å². The second-order valence-corrected chi connectivity index (χ2v) is 5.56. The molecular formula is C18H20N2O. The fraction of sp³-hybridized carbons (Fsp3) is 0.278. The van der Waals surface area contributed by atoms with Crippen molar-refractivity contribution in [2.45, 2.75) is 19.8 Å². The van der Waals surface area contributed by atoms with Gasteiger partial charge in [0.1, 0.15) is 0 Å². The zero-order valence-electron chi connectivity index (χ0n) is 12.3. The molecule has 1 fully saturated rings. The molecule has 1 amide bonds. The Morgan fingerprint density at radius 1 is 1.05 bits per heavy atom. The van der Waals surface area contributed by atoms with Crippen molar-refractivity contribution in [1.29, 1.82) is 0 Å². The first kappa shape index (κ1) is 13.7. The van der Waals surface area contributed by atoms with Gasteiger partial charge in [-0.15, -0.1) is 0 Å². The van der Waals surface area contributed by atoms with E-state index in [2.05, 4.69) is 10.2 Å². The predicted molar refractivity (Wildman–Crippen MR) is 87.0 cm³/mol. The summed E-state index contributed by atoms with van der Waals surface area (Å²) in [5.41, 5.74) is 3.87. The van der Waals surface area contributed by atoms with Gasteiger partial charge in [0.15, 0.2) is 0 Å². The second-order valence-electron chi connectivity index (χ2n) is 5.56. The highest BCUT2D eigenvalue weighted by molar-refractivity contribution is 6.04. The number of carbonyl (C=O) groups is 1. The van der Waals surface area contributed by atoms with Crippen LogP contribution in [0.4, 0.5) is 11.4 Å². The van der Waals surface area contributed by atoms with Crippen molar-refractivity contribution in [1.82, 2.24) is 0 Å². The van der Waals surface area contributed by atoms with Crippen LogP contribution in [0.15, 0.2) is 48.5 Å². The summed E-state index contributed by atoms with van der Waals surface area (Å²) in [7, 11) is 0. The molecule has 3 nitrogen and oxygen atoms in total. The lowest BCUT2D eigenvalue weighted by Gasteiger charge is -2.17. The van der Waals surface area contributed by atoms with Gasteiger partial charge in [0, 0.05) is 30.0 Å². The summed E-state index contributed by atoms with van der Waals surface area (Å²) in [5.74, 6) is -0.0615. The van der Waals surface area contributed by atoms with Crippen molar-refractivity contribution in [3.63, 3.8) is 0 Å². The summed E-state index contributed by atoms with van der Waals surface area (Å²) in [5, 5.41) is 2.94. The van der Waals surface area contributed by atoms with Gasteiger partial charge in [0.05, 0.1) is 0 Å². The van der Waals surface area contributed by atoms with Crippen molar-refractivity contribution in [2.75, 3.05) is 23.3 Å². The van der Waals surface area contributed by atoms with E-state index in [1.165, 1.54) is 18.5 Å². The largest absolute Gasteiger partial charge is 0.372 e. The van der Waals surface area contributed by atoms with Gasteiger partial charge in [-0.05, 0) is 61.7 Å². The monoisotopic (exact) mass is 280 g/mol. The Hall–Kier alpha value is -2.29. The number of rotatable bonds is 3. The normalized spacial score (nSPS) is 14.2. The third-order valence-electron chi connectivity index (χ3n) is 3.88. The topological polar surface area (TPSA) is 32.3 Å². The Kier molecular flexibility index (Phi) is 3.91. The summed E-state index contributed by atoms with van der Waals surface area (Å²) >= 11 is 0. The fourth-order valence-corrected chi connectivity index (χ4v) is 2.73. The Morgan fingerprint density at radius 3 is 2.43 bits per heavy atom. The molecule has 21 heavy (non-hydrogen) atoms. The SMILES string of the molecule is Cc1cccc(NC(=O)c2ccc(N3CCCC3)cc2)c1. The van der Waals surface area contributed by atoms with Crippen LogP contribution in [-0.2, 0) is 0 Å². The van der Waals surface area contributed by atoms with E-state index >= 15 is 0 Å². The lowest BCUT2D eigenvalue weighted by Crippen LogP contribution is -2.18. The van der Waals surface area contributed by atoms with Crippen LogP contribution in [0.1, 0.15) is 28.8 Å². The minimum atomic E-state index is -0.0615. The highest BCUT2D eigenvalue weighted by Crippen LogP contribution is 2.21. The zero-order chi connectivity index (χ0) is 14.7. The molecule has 0 saturated carbocycles. The standard InChI is InChI=1S/C18H20N2O/c1-14-5-4-6-16(13-14)19-18(21)15-7-9-17(10-8-15)20-11-2-3-12-20/h4-10,13H,2-3,11-12H2,1H3,(H,19,21). The molecule has 1 saturated heterocycles. The maximum atomic E-state index is 12.2. The minimum absolute atomic E-state index is 0.0615. The van der Waals surface area contributed by atoms with Crippen LogP contribution in [0.3, 0.4) is 0 Å². The van der Waals surface area contributed by atoms with Gasteiger partial charge in [-0.2, -0.15) is 0 Å². The van der Waals surface area contributed by atoms with Crippen molar-refractivity contribution in [3.8, 4) is 0 Å². The Morgan fingerprint density at radius 2 is 1.76 bits per heavy atom. The molecule has 0 spiro atoms. The van der Waals surface area contributed by atoms with E-state index in [4.69, 9.17) is 0 Å². The maximum Gasteiger partial charge on any atom is 0.255 e. The molecule has 1 heterocycles. The van der Waals surface area contributed by atoms with Gasteiger partial charge in [0.25, 0.3) is 5.91 Å². The van der Waals surface area contributed by atoms with Crippen LogP contribution in [0, 0.1) is 6.92 Å². The quantitative estimate of drug-likeness (QED) is 0.926. The second kappa shape index (κ2) is 6.00. The number of hydrogen-bond donors (Lipinski definition) is 1. The molecule has 0 aromatic heterocycles. The molecule has 0 unspecified atom stereocenters. The summed E-state index contributed by atoms with van der Waals surface area (Å²) in [4.78, 5) is 14.6. The number of anilines is 2. The molecule has 2 aromatic rings. The van der Waals surface area contributed by atoms with Crippen LogP contribution in [-0.4, -0.2) is 19.0 Å². The molecule has 3 rings (SSSR count). The van der Waals surface area contributed by atoms with E-state index in [9.17, 15) is 4.79 Å². The summed E-state index contributed by atoms with van der Waals surface area (Å²) in [6.07, 6.45) is 2.52. The Bertz CT molecular complexity index is 628. The first-order valence-corrected chi connectivity index (χ1v) is 7.45. The van der Waals surface area contributed by atoms with Crippen molar-refractivity contribution < 1.29 is 4.79 Å². The maximum absolute atomic E-state index is 12.2. The highest BCUT2D eigenvalue weighted by Gasteiger charge is 2.13. The third kappa shape index (κ3) is 3.24. The van der Waals surface area contributed by atoms with Crippen LogP contribution in [0.2, 0.25) is 0 Å². The lowest BCUT2D eigenvalue weighted by atomic mass is 10.1. The summed E-state index contributed by atoms with van der Waals surface area (Å²) < 4.78 is 0. The Labute approximate surface area is 125 Å². The van der Waals surface area contributed by atoms with Crippen molar-refractivity contribution >= 4 is 17.3 Å². The van der Waals surface area contributed by atoms with E-state index in [0.29, 0.717) is 5.56 Å². The third-order valence-corrected chi connectivity index (χ3v) is 3.88. The number of aryl methyl sites for hydroxylation is 1.